The Labute approximate surface area is 144 Å². The molecule has 0 radical (unpaired) electrons. The first kappa shape index (κ1) is 16.0. The highest BCUT2D eigenvalue weighted by atomic mass is 35.5. The number of carbonyl (C=O) groups is 1. The van der Waals surface area contributed by atoms with Crippen LogP contribution in [0.5, 0.6) is 0 Å². The van der Waals surface area contributed by atoms with Gasteiger partial charge in [-0.05, 0) is 24.3 Å². The molecule has 8 nitrogen and oxygen atoms in total. The second kappa shape index (κ2) is 6.69. The van der Waals surface area contributed by atoms with Crippen molar-refractivity contribution < 1.29 is 9.72 Å². The molecule has 0 fully saturated rings. The van der Waals surface area contributed by atoms with E-state index in [1.807, 2.05) is 0 Å². The van der Waals surface area contributed by atoms with Crippen molar-refractivity contribution >= 4 is 39.7 Å². The summed E-state index contributed by atoms with van der Waals surface area (Å²) < 4.78 is 0. The molecular formula is C14H8ClN5O3S. The number of hydrogen-bond donors (Lipinski definition) is 1. The van der Waals surface area contributed by atoms with E-state index >= 15 is 0 Å². The highest BCUT2D eigenvalue weighted by Crippen LogP contribution is 2.27. The first-order valence-electron chi connectivity index (χ1n) is 6.55. The van der Waals surface area contributed by atoms with Gasteiger partial charge in [-0.1, -0.05) is 29.0 Å². The summed E-state index contributed by atoms with van der Waals surface area (Å²) in [5.41, 5.74) is 0.126. The van der Waals surface area contributed by atoms with Gasteiger partial charge in [-0.3, -0.25) is 25.2 Å². The molecule has 2 heterocycles. The Morgan fingerprint density at radius 2 is 2.08 bits per heavy atom. The van der Waals surface area contributed by atoms with E-state index in [9.17, 15) is 14.9 Å². The maximum atomic E-state index is 12.3. The zero-order valence-corrected chi connectivity index (χ0v) is 13.4. The number of anilines is 1. The number of aromatic nitrogens is 3. The molecule has 0 aliphatic rings. The van der Waals surface area contributed by atoms with Gasteiger partial charge >= 0.3 is 0 Å². The number of benzene rings is 1. The SMILES string of the molecule is O=C(Nc1nnc(-c2ccccn2)s1)c1ccc(Cl)cc1[N+](=O)[O-]. The zero-order valence-electron chi connectivity index (χ0n) is 11.8. The Kier molecular flexibility index (Phi) is 4.45. The second-order valence-electron chi connectivity index (χ2n) is 4.50. The topological polar surface area (TPSA) is 111 Å². The maximum Gasteiger partial charge on any atom is 0.283 e. The minimum atomic E-state index is -0.666. The van der Waals surface area contributed by atoms with Crippen LogP contribution in [0.3, 0.4) is 0 Å². The van der Waals surface area contributed by atoms with Crippen molar-refractivity contribution in [3.05, 3.63) is 63.3 Å². The van der Waals surface area contributed by atoms with Crippen LogP contribution in [0.1, 0.15) is 10.4 Å². The summed E-state index contributed by atoms with van der Waals surface area (Å²) in [6, 6.07) is 9.15. The first-order chi connectivity index (χ1) is 11.5. The summed E-state index contributed by atoms with van der Waals surface area (Å²) in [6.07, 6.45) is 1.62. The number of nitro groups is 1. The second-order valence-corrected chi connectivity index (χ2v) is 5.91. The number of nitrogens with zero attached hydrogens (tertiary/aromatic N) is 4. The summed E-state index contributed by atoms with van der Waals surface area (Å²) in [6.45, 7) is 0. The molecule has 2 aromatic heterocycles. The number of nitrogens with one attached hydrogen (secondary N) is 1. The third-order valence-corrected chi connectivity index (χ3v) is 4.03. The van der Waals surface area contributed by atoms with Gasteiger partial charge in [0.1, 0.15) is 11.3 Å². The Morgan fingerprint density at radius 3 is 2.79 bits per heavy atom. The molecule has 3 aromatic rings. The monoisotopic (exact) mass is 361 g/mol. The van der Waals surface area contributed by atoms with Gasteiger partial charge in [0.05, 0.1) is 4.92 Å². The van der Waals surface area contributed by atoms with E-state index in [4.69, 9.17) is 11.6 Å². The van der Waals surface area contributed by atoms with Crippen molar-refractivity contribution in [2.75, 3.05) is 5.32 Å². The van der Waals surface area contributed by atoms with Crippen LogP contribution in [0.15, 0.2) is 42.6 Å². The average Bonchev–Trinajstić information content (AvgIpc) is 3.04. The Hall–Kier alpha value is -2.91. The minimum absolute atomic E-state index is 0.112. The van der Waals surface area contributed by atoms with Gasteiger partial charge in [-0.2, -0.15) is 0 Å². The lowest BCUT2D eigenvalue weighted by molar-refractivity contribution is -0.385. The van der Waals surface area contributed by atoms with E-state index in [-0.39, 0.29) is 21.4 Å². The summed E-state index contributed by atoms with van der Waals surface area (Å²) >= 11 is 6.85. The quantitative estimate of drug-likeness (QED) is 0.563. The van der Waals surface area contributed by atoms with Crippen LogP contribution >= 0.6 is 22.9 Å². The molecule has 10 heteroatoms. The summed E-state index contributed by atoms with van der Waals surface area (Å²) in [7, 11) is 0. The predicted molar refractivity (Wildman–Crippen MR) is 89.2 cm³/mol. The lowest BCUT2D eigenvalue weighted by Gasteiger charge is -2.02. The first-order valence-corrected chi connectivity index (χ1v) is 7.74. The fourth-order valence-electron chi connectivity index (χ4n) is 1.88. The van der Waals surface area contributed by atoms with E-state index in [1.54, 1.807) is 24.4 Å². The summed E-state index contributed by atoms with van der Waals surface area (Å²) in [5.74, 6) is -0.665. The molecule has 1 amide bonds. The van der Waals surface area contributed by atoms with E-state index < -0.39 is 10.8 Å². The van der Waals surface area contributed by atoms with Crippen LogP contribution in [-0.4, -0.2) is 26.0 Å². The van der Waals surface area contributed by atoms with Crippen LogP contribution in [-0.2, 0) is 0 Å². The number of carbonyl (C=O) groups excluding carboxylic acids is 1. The van der Waals surface area contributed by atoms with Crippen molar-refractivity contribution in [1.29, 1.82) is 0 Å². The van der Waals surface area contributed by atoms with Crippen LogP contribution in [0.25, 0.3) is 10.7 Å². The van der Waals surface area contributed by atoms with Gasteiger partial charge in [-0.15, -0.1) is 10.2 Å². The molecule has 1 N–H and O–H groups in total. The van der Waals surface area contributed by atoms with Crippen molar-refractivity contribution in [2.24, 2.45) is 0 Å². The Bertz CT molecular complexity index is 916. The van der Waals surface area contributed by atoms with E-state index in [2.05, 4.69) is 20.5 Å². The van der Waals surface area contributed by atoms with Gasteiger partial charge in [0, 0.05) is 17.3 Å². The standard InChI is InChI=1S/C14H8ClN5O3S/c15-8-4-5-9(11(7-8)20(22)23)12(21)17-14-19-18-13(24-14)10-3-1-2-6-16-10/h1-7H,(H,17,19,21). The highest BCUT2D eigenvalue weighted by molar-refractivity contribution is 7.18. The minimum Gasteiger partial charge on any atom is -0.296 e. The largest absolute Gasteiger partial charge is 0.296 e. The van der Waals surface area contributed by atoms with Crippen molar-refractivity contribution in [3.8, 4) is 10.7 Å². The molecule has 0 spiro atoms. The summed E-state index contributed by atoms with van der Waals surface area (Å²) in [4.78, 5) is 26.8. The number of amides is 1. The lowest BCUT2D eigenvalue weighted by atomic mass is 10.1. The van der Waals surface area contributed by atoms with E-state index in [0.29, 0.717) is 10.7 Å². The molecule has 120 valence electrons. The highest BCUT2D eigenvalue weighted by Gasteiger charge is 2.21. The molecule has 0 saturated carbocycles. The average molecular weight is 362 g/mol. The molecule has 0 atom stereocenters. The van der Waals surface area contributed by atoms with Gasteiger partial charge in [0.25, 0.3) is 11.6 Å². The third-order valence-electron chi connectivity index (χ3n) is 2.93. The number of halogens is 1. The maximum absolute atomic E-state index is 12.3. The van der Waals surface area contributed by atoms with Crippen molar-refractivity contribution in [2.45, 2.75) is 0 Å². The molecule has 0 unspecified atom stereocenters. The van der Waals surface area contributed by atoms with Gasteiger partial charge in [-0.25, -0.2) is 0 Å². The molecular weight excluding hydrogens is 354 g/mol. The fourth-order valence-corrected chi connectivity index (χ4v) is 2.76. The van der Waals surface area contributed by atoms with Crippen molar-refractivity contribution in [3.63, 3.8) is 0 Å². The molecule has 0 bridgehead atoms. The molecule has 0 aliphatic carbocycles. The smallest absolute Gasteiger partial charge is 0.283 e. The van der Waals surface area contributed by atoms with Crippen LogP contribution < -0.4 is 5.32 Å². The molecule has 0 aliphatic heterocycles. The number of hydrogen-bond acceptors (Lipinski definition) is 7. The Morgan fingerprint density at radius 1 is 1.25 bits per heavy atom. The Balaban J connectivity index is 1.84. The molecule has 24 heavy (non-hydrogen) atoms. The van der Waals surface area contributed by atoms with E-state index in [0.717, 1.165) is 17.4 Å². The van der Waals surface area contributed by atoms with Gasteiger partial charge in [0.2, 0.25) is 5.13 Å². The molecule has 0 saturated heterocycles. The number of pyridine rings is 1. The van der Waals surface area contributed by atoms with Gasteiger partial charge in [0.15, 0.2) is 5.01 Å². The summed E-state index contributed by atoms with van der Waals surface area (Å²) in [5, 5.41) is 22.2. The van der Waals surface area contributed by atoms with Crippen LogP contribution in [0, 0.1) is 10.1 Å². The number of rotatable bonds is 4. The van der Waals surface area contributed by atoms with Crippen LogP contribution in [0.2, 0.25) is 5.02 Å². The van der Waals surface area contributed by atoms with Crippen LogP contribution in [0.4, 0.5) is 10.8 Å². The fraction of sp³-hybridized carbons (Fsp3) is 0. The zero-order chi connectivity index (χ0) is 17.1. The lowest BCUT2D eigenvalue weighted by Crippen LogP contribution is -2.13. The normalized spacial score (nSPS) is 10.4. The molecule has 3 rings (SSSR count). The predicted octanol–water partition coefficient (Wildman–Crippen LogP) is 3.41. The molecule has 1 aromatic carbocycles. The third kappa shape index (κ3) is 3.36. The van der Waals surface area contributed by atoms with Crippen molar-refractivity contribution in [1.82, 2.24) is 15.2 Å². The number of nitro benzene ring substituents is 1. The van der Waals surface area contributed by atoms with Gasteiger partial charge < -0.3 is 0 Å². The van der Waals surface area contributed by atoms with E-state index in [1.165, 1.54) is 12.1 Å².